The van der Waals surface area contributed by atoms with Crippen LogP contribution in [0.25, 0.3) is 5.69 Å². The van der Waals surface area contributed by atoms with E-state index in [0.29, 0.717) is 12.6 Å². The van der Waals surface area contributed by atoms with Crippen LogP contribution in [0.1, 0.15) is 25.8 Å². The Bertz CT molecular complexity index is 623. The Morgan fingerprint density at radius 2 is 2.09 bits per heavy atom. The lowest BCUT2D eigenvalue weighted by Crippen LogP contribution is -2.39. The maximum Gasteiger partial charge on any atom is 0.191 e. The predicted molar refractivity (Wildman–Crippen MR) is 102 cm³/mol. The molecule has 0 saturated heterocycles. The van der Waals surface area contributed by atoms with Crippen LogP contribution < -0.4 is 10.6 Å². The van der Waals surface area contributed by atoms with Crippen LogP contribution in [0.5, 0.6) is 0 Å². The third-order valence-electron chi connectivity index (χ3n) is 3.82. The van der Waals surface area contributed by atoms with E-state index < -0.39 is 0 Å². The van der Waals surface area contributed by atoms with Gasteiger partial charge in [-0.3, -0.25) is 0 Å². The second-order valence-corrected chi connectivity index (χ2v) is 5.67. The van der Waals surface area contributed by atoms with Crippen LogP contribution in [-0.4, -0.2) is 33.3 Å². The Balaban J connectivity index is 0.00000192. The molecule has 1 aliphatic rings. The highest BCUT2D eigenvalue weighted by atomic mass is 127. The molecule has 2 atom stereocenters. The van der Waals surface area contributed by atoms with E-state index in [1.165, 1.54) is 18.3 Å². The van der Waals surface area contributed by atoms with Gasteiger partial charge < -0.3 is 10.6 Å². The number of halogens is 1. The minimum atomic E-state index is 0. The van der Waals surface area contributed by atoms with Gasteiger partial charge in [0.2, 0.25) is 0 Å². The molecule has 3 rings (SSSR count). The molecule has 1 aliphatic carbocycles. The molecule has 23 heavy (non-hydrogen) atoms. The molecular formula is C16H23IN6. The molecular weight excluding hydrogens is 403 g/mol. The molecule has 2 aromatic rings. The van der Waals surface area contributed by atoms with Crippen molar-refractivity contribution in [3.05, 3.63) is 42.5 Å². The van der Waals surface area contributed by atoms with E-state index >= 15 is 0 Å². The predicted octanol–water partition coefficient (Wildman–Crippen LogP) is 2.35. The number of hydrogen-bond donors (Lipinski definition) is 2. The van der Waals surface area contributed by atoms with Gasteiger partial charge in [-0.1, -0.05) is 19.1 Å². The first-order valence-corrected chi connectivity index (χ1v) is 7.75. The molecule has 2 N–H and O–H groups in total. The third-order valence-corrected chi connectivity index (χ3v) is 3.82. The number of nitrogens with zero attached hydrogens (tertiary/aromatic N) is 4. The fraction of sp³-hybridized carbons (Fsp3) is 0.438. The topological polar surface area (TPSA) is 67.1 Å². The van der Waals surface area contributed by atoms with Gasteiger partial charge in [-0.2, -0.15) is 5.10 Å². The number of benzene rings is 1. The van der Waals surface area contributed by atoms with Crippen molar-refractivity contribution in [3.8, 4) is 5.69 Å². The van der Waals surface area contributed by atoms with Crippen molar-refractivity contribution in [2.24, 2.45) is 10.9 Å². The number of aliphatic imine (C=N–C) groups is 1. The minimum absolute atomic E-state index is 0. The van der Waals surface area contributed by atoms with Crippen LogP contribution in [0.4, 0.5) is 0 Å². The first-order chi connectivity index (χ1) is 10.8. The molecule has 0 spiro atoms. The first kappa shape index (κ1) is 17.7. The largest absolute Gasteiger partial charge is 0.357 e. The quantitative estimate of drug-likeness (QED) is 0.438. The molecule has 1 aromatic carbocycles. The normalized spacial score (nSPS) is 19.8. The zero-order chi connectivity index (χ0) is 15.4. The monoisotopic (exact) mass is 426 g/mol. The smallest absolute Gasteiger partial charge is 0.191 e. The maximum absolute atomic E-state index is 4.65. The van der Waals surface area contributed by atoms with Gasteiger partial charge in [0.15, 0.2) is 5.96 Å². The summed E-state index contributed by atoms with van der Waals surface area (Å²) in [4.78, 5) is 8.60. The summed E-state index contributed by atoms with van der Waals surface area (Å²) in [6, 6.07) is 8.78. The third kappa shape index (κ3) is 4.92. The number of nitrogens with one attached hydrogen (secondary N) is 2. The molecule has 6 nitrogen and oxygen atoms in total. The van der Waals surface area contributed by atoms with Crippen molar-refractivity contribution < 1.29 is 0 Å². The summed E-state index contributed by atoms with van der Waals surface area (Å²) >= 11 is 0. The molecule has 0 bridgehead atoms. The average Bonchev–Trinajstić information content (AvgIpc) is 3.02. The molecule has 124 valence electrons. The average molecular weight is 426 g/mol. The lowest BCUT2D eigenvalue weighted by Gasteiger charge is -2.10. The summed E-state index contributed by atoms with van der Waals surface area (Å²) < 4.78 is 1.74. The molecule has 1 saturated carbocycles. The highest BCUT2D eigenvalue weighted by Crippen LogP contribution is 2.28. The van der Waals surface area contributed by atoms with Gasteiger partial charge in [-0.25, -0.2) is 14.7 Å². The zero-order valence-corrected chi connectivity index (χ0v) is 15.8. The summed E-state index contributed by atoms with van der Waals surface area (Å²) in [5, 5.41) is 10.9. The summed E-state index contributed by atoms with van der Waals surface area (Å²) in [7, 11) is 0. The van der Waals surface area contributed by atoms with Crippen molar-refractivity contribution in [3.63, 3.8) is 0 Å². The minimum Gasteiger partial charge on any atom is -0.357 e. The molecule has 2 unspecified atom stereocenters. The summed E-state index contributed by atoms with van der Waals surface area (Å²) in [6.07, 6.45) is 4.46. The SMILES string of the molecule is CCNC(=NCc1ccc(-n2cncn2)cc1)NC1CC1C.I. The van der Waals surface area contributed by atoms with Crippen molar-refractivity contribution in [1.29, 1.82) is 0 Å². The Labute approximate surface area is 153 Å². The lowest BCUT2D eigenvalue weighted by molar-refractivity contribution is 0.766. The zero-order valence-electron chi connectivity index (χ0n) is 13.4. The van der Waals surface area contributed by atoms with Crippen molar-refractivity contribution in [2.45, 2.75) is 32.9 Å². The molecule has 7 heteroatoms. The fourth-order valence-corrected chi connectivity index (χ4v) is 2.28. The summed E-state index contributed by atoms with van der Waals surface area (Å²) in [5.41, 5.74) is 2.17. The van der Waals surface area contributed by atoms with Crippen molar-refractivity contribution >= 4 is 29.9 Å². The van der Waals surface area contributed by atoms with E-state index in [4.69, 9.17) is 0 Å². The van der Waals surface area contributed by atoms with E-state index in [-0.39, 0.29) is 24.0 Å². The Hall–Kier alpha value is -1.64. The van der Waals surface area contributed by atoms with Gasteiger partial charge in [0.25, 0.3) is 0 Å². The first-order valence-electron chi connectivity index (χ1n) is 7.75. The maximum atomic E-state index is 4.65. The number of rotatable bonds is 5. The van der Waals surface area contributed by atoms with Crippen LogP contribution in [0.15, 0.2) is 41.9 Å². The molecule has 0 amide bonds. The Morgan fingerprint density at radius 3 is 2.65 bits per heavy atom. The van der Waals surface area contributed by atoms with Crippen molar-refractivity contribution in [1.82, 2.24) is 25.4 Å². The lowest BCUT2D eigenvalue weighted by atomic mass is 10.2. The molecule has 0 radical (unpaired) electrons. The van der Waals surface area contributed by atoms with Crippen molar-refractivity contribution in [2.75, 3.05) is 6.54 Å². The van der Waals surface area contributed by atoms with E-state index in [2.05, 4.69) is 51.7 Å². The van der Waals surface area contributed by atoms with Crippen LogP contribution in [-0.2, 0) is 6.54 Å². The van der Waals surface area contributed by atoms with E-state index in [9.17, 15) is 0 Å². The number of hydrogen-bond acceptors (Lipinski definition) is 3. The standard InChI is InChI=1S/C16H22N6.HI/c1-3-18-16(21-15-8-12(15)2)19-9-13-4-6-14(7-5-13)22-11-17-10-20-22;/h4-7,10-12,15H,3,8-9H2,1-2H3,(H2,18,19,21);1H. The van der Waals surface area contributed by atoms with Crippen LogP contribution in [0.2, 0.25) is 0 Å². The van der Waals surface area contributed by atoms with Gasteiger partial charge in [-0.05, 0) is 37.0 Å². The highest BCUT2D eigenvalue weighted by molar-refractivity contribution is 14.0. The highest BCUT2D eigenvalue weighted by Gasteiger charge is 2.33. The second kappa shape index (κ2) is 8.28. The van der Waals surface area contributed by atoms with Gasteiger partial charge in [0.05, 0.1) is 12.2 Å². The summed E-state index contributed by atoms with van der Waals surface area (Å²) in [6.45, 7) is 5.87. The summed E-state index contributed by atoms with van der Waals surface area (Å²) in [5.74, 6) is 1.66. The van der Waals surface area contributed by atoms with Gasteiger partial charge in [0, 0.05) is 12.6 Å². The fourth-order valence-electron chi connectivity index (χ4n) is 2.28. The number of aromatic nitrogens is 3. The second-order valence-electron chi connectivity index (χ2n) is 5.67. The van der Waals surface area contributed by atoms with E-state index in [1.807, 2.05) is 12.1 Å². The van der Waals surface area contributed by atoms with E-state index in [0.717, 1.165) is 24.1 Å². The molecule has 0 aliphatic heterocycles. The van der Waals surface area contributed by atoms with Crippen LogP contribution in [0.3, 0.4) is 0 Å². The van der Waals surface area contributed by atoms with Crippen LogP contribution in [0, 0.1) is 5.92 Å². The molecule has 1 heterocycles. The van der Waals surface area contributed by atoms with Gasteiger partial charge in [0.1, 0.15) is 12.7 Å². The number of guanidine groups is 1. The van der Waals surface area contributed by atoms with E-state index in [1.54, 1.807) is 11.0 Å². The van der Waals surface area contributed by atoms with Crippen LogP contribution >= 0.6 is 24.0 Å². The van der Waals surface area contributed by atoms with Gasteiger partial charge in [-0.15, -0.1) is 24.0 Å². The Morgan fingerprint density at radius 1 is 1.35 bits per heavy atom. The molecule has 1 aromatic heterocycles. The van der Waals surface area contributed by atoms with Gasteiger partial charge >= 0.3 is 0 Å². The Kier molecular flexibility index (Phi) is 6.37. The molecule has 1 fully saturated rings.